The zero-order valence-corrected chi connectivity index (χ0v) is 19.3. The van der Waals surface area contributed by atoms with E-state index in [-0.39, 0.29) is 11.6 Å². The minimum absolute atomic E-state index is 0.113. The molecule has 6 nitrogen and oxygen atoms in total. The summed E-state index contributed by atoms with van der Waals surface area (Å²) in [4.78, 5) is 16.6. The highest BCUT2D eigenvalue weighted by molar-refractivity contribution is 7.92. The summed E-state index contributed by atoms with van der Waals surface area (Å²) >= 11 is 0. The van der Waals surface area contributed by atoms with Gasteiger partial charge in [0.2, 0.25) is 0 Å². The summed E-state index contributed by atoms with van der Waals surface area (Å²) in [6, 6.07) is 18.7. The summed E-state index contributed by atoms with van der Waals surface area (Å²) in [6.45, 7) is 3.78. The number of nitrogens with one attached hydrogen (secondary N) is 1. The Morgan fingerprint density at radius 3 is 2.18 bits per heavy atom. The van der Waals surface area contributed by atoms with Crippen molar-refractivity contribution in [1.29, 1.82) is 0 Å². The third kappa shape index (κ3) is 5.78. The molecule has 1 aliphatic rings. The van der Waals surface area contributed by atoms with Gasteiger partial charge in [0.25, 0.3) is 15.9 Å². The molecule has 34 heavy (non-hydrogen) atoms. The van der Waals surface area contributed by atoms with E-state index in [0.717, 1.165) is 38.2 Å². The van der Waals surface area contributed by atoms with E-state index in [4.69, 9.17) is 0 Å². The molecule has 4 rings (SSSR count). The van der Waals surface area contributed by atoms with E-state index in [1.54, 1.807) is 17.0 Å². The number of hydrogen-bond acceptors (Lipinski definition) is 4. The van der Waals surface area contributed by atoms with Gasteiger partial charge in [-0.2, -0.15) is 0 Å². The van der Waals surface area contributed by atoms with Gasteiger partial charge < -0.3 is 4.90 Å². The maximum atomic E-state index is 13.4. The first-order valence-corrected chi connectivity index (χ1v) is 12.4. The van der Waals surface area contributed by atoms with Crippen LogP contribution in [0.2, 0.25) is 0 Å². The minimum Gasteiger partial charge on any atom is -0.336 e. The number of nitrogens with zero attached hydrogens (tertiary/aromatic N) is 2. The van der Waals surface area contributed by atoms with Crippen LogP contribution in [0.5, 0.6) is 0 Å². The van der Waals surface area contributed by atoms with Crippen LogP contribution < -0.4 is 4.72 Å². The molecule has 0 aliphatic carbocycles. The first-order valence-electron chi connectivity index (χ1n) is 11.0. The molecule has 0 aromatic heterocycles. The summed E-state index contributed by atoms with van der Waals surface area (Å²) < 4.78 is 53.7. The normalized spacial score (nSPS) is 14.7. The van der Waals surface area contributed by atoms with Crippen LogP contribution >= 0.6 is 0 Å². The highest BCUT2D eigenvalue weighted by atomic mass is 32.2. The third-order valence-electron chi connectivity index (χ3n) is 5.80. The van der Waals surface area contributed by atoms with Gasteiger partial charge in [0, 0.05) is 44.0 Å². The van der Waals surface area contributed by atoms with Crippen LogP contribution in [-0.2, 0) is 16.4 Å². The molecule has 178 valence electrons. The van der Waals surface area contributed by atoms with Crippen LogP contribution in [0.25, 0.3) is 0 Å². The standard InChI is InChI=1S/C25H25F2N3O3S/c26-23-11-10-22(18-24(23)27)34(32,33)28-21-8-6-20(7-9-21)25(31)30-16-14-29(15-17-30)13-12-19-4-2-1-3-5-19/h1-11,18,28H,12-17H2. The Morgan fingerprint density at radius 2 is 1.53 bits per heavy atom. The lowest BCUT2D eigenvalue weighted by Gasteiger charge is -2.34. The number of benzene rings is 3. The summed E-state index contributed by atoms with van der Waals surface area (Å²) in [5.41, 5.74) is 1.96. The van der Waals surface area contributed by atoms with Crippen molar-refractivity contribution in [2.24, 2.45) is 0 Å². The molecule has 0 spiro atoms. The number of sulfonamides is 1. The molecule has 0 atom stereocenters. The Labute approximate surface area is 197 Å². The van der Waals surface area contributed by atoms with Crippen LogP contribution in [0.1, 0.15) is 15.9 Å². The maximum absolute atomic E-state index is 13.4. The lowest BCUT2D eigenvalue weighted by molar-refractivity contribution is 0.0638. The molecule has 1 amide bonds. The summed E-state index contributed by atoms with van der Waals surface area (Å²) in [5, 5.41) is 0. The quantitative estimate of drug-likeness (QED) is 0.553. The van der Waals surface area contributed by atoms with Crippen LogP contribution in [-0.4, -0.2) is 56.8 Å². The number of piperazine rings is 1. The minimum atomic E-state index is -4.10. The van der Waals surface area contributed by atoms with Crippen molar-refractivity contribution in [3.05, 3.63) is 95.6 Å². The molecular formula is C25H25F2N3O3S. The second kappa shape index (κ2) is 10.3. The number of halogens is 2. The zero-order valence-electron chi connectivity index (χ0n) is 18.5. The summed E-state index contributed by atoms with van der Waals surface area (Å²) in [6.07, 6.45) is 0.969. The molecule has 1 aliphatic heterocycles. The summed E-state index contributed by atoms with van der Waals surface area (Å²) in [7, 11) is -4.10. The molecule has 0 radical (unpaired) electrons. The van der Waals surface area contributed by atoms with Gasteiger partial charge in [-0.3, -0.25) is 14.4 Å². The van der Waals surface area contributed by atoms with Crippen LogP contribution in [0, 0.1) is 11.6 Å². The van der Waals surface area contributed by atoms with E-state index in [2.05, 4.69) is 21.8 Å². The molecule has 1 N–H and O–H groups in total. The molecular weight excluding hydrogens is 460 g/mol. The Hall–Kier alpha value is -3.30. The fourth-order valence-corrected chi connectivity index (χ4v) is 4.90. The van der Waals surface area contributed by atoms with E-state index in [0.29, 0.717) is 24.7 Å². The zero-order chi connectivity index (χ0) is 24.1. The van der Waals surface area contributed by atoms with Gasteiger partial charge in [-0.1, -0.05) is 30.3 Å². The molecule has 1 saturated heterocycles. The highest BCUT2D eigenvalue weighted by Gasteiger charge is 2.22. The largest absolute Gasteiger partial charge is 0.336 e. The lowest BCUT2D eigenvalue weighted by atomic mass is 10.1. The molecule has 3 aromatic rings. The predicted molar refractivity (Wildman–Crippen MR) is 126 cm³/mol. The number of anilines is 1. The van der Waals surface area contributed by atoms with E-state index in [1.165, 1.54) is 17.7 Å². The number of amides is 1. The maximum Gasteiger partial charge on any atom is 0.261 e. The van der Waals surface area contributed by atoms with Crippen molar-refractivity contribution in [3.8, 4) is 0 Å². The topological polar surface area (TPSA) is 69.7 Å². The van der Waals surface area contributed by atoms with Gasteiger partial charge >= 0.3 is 0 Å². The second-order valence-corrected chi connectivity index (χ2v) is 9.81. The molecule has 0 saturated carbocycles. The smallest absolute Gasteiger partial charge is 0.261 e. The third-order valence-corrected chi connectivity index (χ3v) is 7.18. The van der Waals surface area contributed by atoms with Crippen LogP contribution in [0.15, 0.2) is 77.7 Å². The Kier molecular flexibility index (Phi) is 7.23. The highest BCUT2D eigenvalue weighted by Crippen LogP contribution is 2.19. The SMILES string of the molecule is O=C(c1ccc(NS(=O)(=O)c2ccc(F)c(F)c2)cc1)N1CCN(CCc2ccccc2)CC1. The number of hydrogen-bond donors (Lipinski definition) is 1. The molecule has 9 heteroatoms. The van der Waals surface area contributed by atoms with Crippen LogP contribution in [0.3, 0.4) is 0 Å². The van der Waals surface area contributed by atoms with Gasteiger partial charge in [-0.05, 0) is 54.4 Å². The molecule has 1 heterocycles. The number of carbonyl (C=O) groups is 1. The molecule has 0 unspecified atom stereocenters. The van der Waals surface area contributed by atoms with Crippen molar-refractivity contribution in [3.63, 3.8) is 0 Å². The van der Waals surface area contributed by atoms with Gasteiger partial charge in [-0.25, -0.2) is 17.2 Å². The van der Waals surface area contributed by atoms with Gasteiger partial charge in [-0.15, -0.1) is 0 Å². The average molecular weight is 486 g/mol. The van der Waals surface area contributed by atoms with Gasteiger partial charge in [0.05, 0.1) is 4.90 Å². The van der Waals surface area contributed by atoms with Gasteiger partial charge in [0.15, 0.2) is 11.6 Å². The van der Waals surface area contributed by atoms with Crippen LogP contribution in [0.4, 0.5) is 14.5 Å². The fraction of sp³-hybridized carbons (Fsp3) is 0.240. The summed E-state index contributed by atoms with van der Waals surface area (Å²) in [5.74, 6) is -2.49. The average Bonchev–Trinajstić information content (AvgIpc) is 2.85. The van der Waals surface area contributed by atoms with E-state index in [1.807, 2.05) is 18.2 Å². The molecule has 1 fully saturated rings. The van der Waals surface area contributed by atoms with Crippen molar-refractivity contribution in [2.45, 2.75) is 11.3 Å². The second-order valence-electron chi connectivity index (χ2n) is 8.13. The van der Waals surface area contributed by atoms with Crippen molar-refractivity contribution >= 4 is 21.6 Å². The number of carbonyl (C=O) groups excluding carboxylic acids is 1. The Bertz CT molecular complexity index is 1240. The number of rotatable bonds is 7. The van der Waals surface area contributed by atoms with Crippen molar-refractivity contribution in [1.82, 2.24) is 9.80 Å². The Balaban J connectivity index is 1.31. The van der Waals surface area contributed by atoms with Gasteiger partial charge in [0.1, 0.15) is 0 Å². The first kappa shape index (κ1) is 23.8. The van der Waals surface area contributed by atoms with E-state index >= 15 is 0 Å². The fourth-order valence-electron chi connectivity index (χ4n) is 3.83. The monoisotopic (exact) mass is 485 g/mol. The van der Waals surface area contributed by atoms with E-state index in [9.17, 15) is 22.0 Å². The first-order chi connectivity index (χ1) is 16.3. The lowest BCUT2D eigenvalue weighted by Crippen LogP contribution is -2.49. The van der Waals surface area contributed by atoms with E-state index < -0.39 is 26.6 Å². The van der Waals surface area contributed by atoms with Crippen molar-refractivity contribution < 1.29 is 22.0 Å². The predicted octanol–water partition coefficient (Wildman–Crippen LogP) is 3.77. The molecule has 0 bridgehead atoms. The van der Waals surface area contributed by atoms with Crippen molar-refractivity contribution in [2.75, 3.05) is 37.4 Å². The Morgan fingerprint density at radius 1 is 0.853 bits per heavy atom. The molecule has 3 aromatic carbocycles.